The molecule has 0 aliphatic heterocycles. The van der Waals surface area contributed by atoms with Crippen molar-refractivity contribution in [3.8, 4) is 0 Å². The van der Waals surface area contributed by atoms with Gasteiger partial charge in [-0.25, -0.2) is 8.78 Å². The van der Waals surface area contributed by atoms with Gasteiger partial charge in [0.2, 0.25) is 0 Å². The summed E-state index contributed by atoms with van der Waals surface area (Å²) in [6, 6.07) is 2.75. The summed E-state index contributed by atoms with van der Waals surface area (Å²) in [7, 11) is 3.45. The van der Waals surface area contributed by atoms with Crippen LogP contribution in [-0.2, 0) is 0 Å². The Labute approximate surface area is 100 Å². The lowest BCUT2D eigenvalue weighted by atomic mass is 9.91. The Morgan fingerprint density at radius 3 is 2.18 bits per heavy atom. The maximum absolute atomic E-state index is 13.7. The van der Waals surface area contributed by atoms with Crippen molar-refractivity contribution in [3.63, 3.8) is 0 Å². The maximum atomic E-state index is 13.7. The Balaban J connectivity index is 3.28. The Bertz CT molecular complexity index is 453. The summed E-state index contributed by atoms with van der Waals surface area (Å²) >= 11 is 0. The van der Waals surface area contributed by atoms with Crippen molar-refractivity contribution >= 4 is 5.78 Å². The SMILES string of the molecule is Cc1ccc(C(=O)C(C)(C)N(C)C)c(F)c1F. The van der Waals surface area contributed by atoms with Gasteiger partial charge in [0.25, 0.3) is 0 Å². The van der Waals surface area contributed by atoms with E-state index in [1.165, 1.54) is 19.1 Å². The normalized spacial score (nSPS) is 12.0. The summed E-state index contributed by atoms with van der Waals surface area (Å²) in [6.45, 7) is 4.81. The lowest BCUT2D eigenvalue weighted by molar-refractivity contribution is 0.0750. The topological polar surface area (TPSA) is 20.3 Å². The molecule has 0 heterocycles. The summed E-state index contributed by atoms with van der Waals surface area (Å²) in [5.41, 5.74) is -0.878. The minimum Gasteiger partial charge on any atom is -0.297 e. The van der Waals surface area contributed by atoms with Crippen LogP contribution < -0.4 is 0 Å². The lowest BCUT2D eigenvalue weighted by Gasteiger charge is -2.31. The third kappa shape index (κ3) is 2.36. The molecule has 0 aliphatic carbocycles. The molecule has 0 N–H and O–H groups in total. The fourth-order valence-electron chi connectivity index (χ4n) is 1.35. The molecule has 0 amide bonds. The van der Waals surface area contributed by atoms with Gasteiger partial charge in [0, 0.05) is 0 Å². The molecule has 1 rings (SSSR count). The second kappa shape index (κ2) is 4.53. The molecule has 1 aromatic rings. The number of Topliss-reactive ketones (excluding diaryl/α,β-unsaturated/α-hetero) is 1. The maximum Gasteiger partial charge on any atom is 0.185 e. The first kappa shape index (κ1) is 13.8. The smallest absolute Gasteiger partial charge is 0.185 e. The Morgan fingerprint density at radius 2 is 1.71 bits per heavy atom. The number of hydrogen-bond acceptors (Lipinski definition) is 2. The number of halogens is 2. The minimum atomic E-state index is -1.06. The van der Waals surface area contributed by atoms with Crippen LogP contribution in [0.15, 0.2) is 12.1 Å². The fourth-order valence-corrected chi connectivity index (χ4v) is 1.35. The van der Waals surface area contributed by atoms with Gasteiger partial charge < -0.3 is 0 Å². The Kier molecular flexibility index (Phi) is 3.67. The number of rotatable bonds is 3. The average molecular weight is 241 g/mol. The molecule has 94 valence electrons. The van der Waals surface area contributed by atoms with E-state index in [0.717, 1.165) is 0 Å². The molecule has 2 nitrogen and oxygen atoms in total. The second-order valence-electron chi connectivity index (χ2n) is 4.84. The van der Waals surface area contributed by atoms with Crippen LogP contribution in [0.4, 0.5) is 8.78 Å². The van der Waals surface area contributed by atoms with E-state index < -0.39 is 23.0 Å². The standard InChI is InChI=1S/C13H17F2NO/c1-8-6-7-9(11(15)10(8)14)12(17)13(2,3)16(4)5/h6-7H,1-5H3. The van der Waals surface area contributed by atoms with Crippen molar-refractivity contribution in [2.45, 2.75) is 26.3 Å². The van der Waals surface area contributed by atoms with Gasteiger partial charge in [-0.3, -0.25) is 9.69 Å². The van der Waals surface area contributed by atoms with Crippen LogP contribution >= 0.6 is 0 Å². The third-order valence-corrected chi connectivity index (χ3v) is 3.19. The molecule has 1 aromatic carbocycles. The highest BCUT2D eigenvalue weighted by Crippen LogP contribution is 2.22. The quantitative estimate of drug-likeness (QED) is 0.758. The van der Waals surface area contributed by atoms with Gasteiger partial charge >= 0.3 is 0 Å². The van der Waals surface area contributed by atoms with E-state index in [1.807, 2.05) is 0 Å². The van der Waals surface area contributed by atoms with Gasteiger partial charge in [-0.05, 0) is 46.5 Å². The first-order valence-electron chi connectivity index (χ1n) is 5.36. The van der Waals surface area contributed by atoms with E-state index >= 15 is 0 Å². The molecule has 0 atom stereocenters. The first-order valence-corrected chi connectivity index (χ1v) is 5.36. The van der Waals surface area contributed by atoms with Crippen molar-refractivity contribution < 1.29 is 13.6 Å². The minimum absolute atomic E-state index is 0.196. The average Bonchev–Trinajstić information content (AvgIpc) is 2.25. The lowest BCUT2D eigenvalue weighted by Crippen LogP contribution is -2.46. The van der Waals surface area contributed by atoms with Gasteiger partial charge in [0.05, 0.1) is 11.1 Å². The number of benzene rings is 1. The molecule has 0 aliphatic rings. The van der Waals surface area contributed by atoms with Crippen molar-refractivity contribution in [2.24, 2.45) is 0 Å². The Morgan fingerprint density at radius 1 is 1.18 bits per heavy atom. The molecule has 0 radical (unpaired) electrons. The monoisotopic (exact) mass is 241 g/mol. The second-order valence-corrected chi connectivity index (χ2v) is 4.84. The van der Waals surface area contributed by atoms with Crippen LogP contribution in [0.2, 0.25) is 0 Å². The molecule has 0 bridgehead atoms. The molecule has 0 fully saturated rings. The van der Waals surface area contributed by atoms with Crippen LogP contribution in [0, 0.1) is 18.6 Å². The predicted octanol–water partition coefficient (Wildman–Crippen LogP) is 2.80. The summed E-state index contributed by atoms with van der Waals surface area (Å²) in [5.74, 6) is -2.45. The molecular weight excluding hydrogens is 224 g/mol. The highest BCUT2D eigenvalue weighted by molar-refractivity contribution is 6.02. The van der Waals surface area contributed by atoms with Crippen LogP contribution in [0.5, 0.6) is 0 Å². The van der Waals surface area contributed by atoms with Gasteiger partial charge in [0.1, 0.15) is 0 Å². The predicted molar refractivity (Wildman–Crippen MR) is 63.2 cm³/mol. The van der Waals surface area contributed by atoms with Gasteiger partial charge in [-0.1, -0.05) is 6.07 Å². The zero-order valence-electron chi connectivity index (χ0n) is 10.8. The number of likely N-dealkylation sites (N-methyl/N-ethyl adjacent to an activating group) is 1. The van der Waals surface area contributed by atoms with Crippen molar-refractivity contribution in [1.82, 2.24) is 4.90 Å². The summed E-state index contributed by atoms with van der Waals surface area (Å²) in [5, 5.41) is 0. The summed E-state index contributed by atoms with van der Waals surface area (Å²) < 4.78 is 27.1. The van der Waals surface area contributed by atoms with Crippen molar-refractivity contribution in [2.75, 3.05) is 14.1 Å². The van der Waals surface area contributed by atoms with Crippen LogP contribution in [-0.4, -0.2) is 30.3 Å². The fraction of sp³-hybridized carbons (Fsp3) is 0.462. The molecular formula is C13H17F2NO. The van der Waals surface area contributed by atoms with E-state index in [-0.39, 0.29) is 11.1 Å². The zero-order chi connectivity index (χ0) is 13.4. The van der Waals surface area contributed by atoms with E-state index in [4.69, 9.17) is 0 Å². The van der Waals surface area contributed by atoms with Crippen LogP contribution in [0.25, 0.3) is 0 Å². The number of carbonyl (C=O) groups is 1. The van der Waals surface area contributed by atoms with Crippen LogP contribution in [0.1, 0.15) is 29.8 Å². The molecule has 4 heteroatoms. The number of nitrogens with zero attached hydrogens (tertiary/aromatic N) is 1. The van der Waals surface area contributed by atoms with Gasteiger partial charge in [-0.2, -0.15) is 0 Å². The van der Waals surface area contributed by atoms with Gasteiger partial charge in [-0.15, -0.1) is 0 Å². The molecule has 17 heavy (non-hydrogen) atoms. The van der Waals surface area contributed by atoms with Crippen molar-refractivity contribution in [3.05, 3.63) is 34.9 Å². The number of ketones is 1. The largest absolute Gasteiger partial charge is 0.297 e. The van der Waals surface area contributed by atoms with E-state index in [9.17, 15) is 13.6 Å². The highest BCUT2D eigenvalue weighted by atomic mass is 19.2. The summed E-state index contributed by atoms with van der Waals surface area (Å²) in [4.78, 5) is 13.8. The number of hydrogen-bond donors (Lipinski definition) is 0. The third-order valence-electron chi connectivity index (χ3n) is 3.19. The van der Waals surface area contributed by atoms with E-state index in [0.29, 0.717) is 0 Å². The zero-order valence-corrected chi connectivity index (χ0v) is 10.8. The van der Waals surface area contributed by atoms with E-state index in [2.05, 4.69) is 0 Å². The molecule has 0 aromatic heterocycles. The van der Waals surface area contributed by atoms with Gasteiger partial charge in [0.15, 0.2) is 17.4 Å². The highest BCUT2D eigenvalue weighted by Gasteiger charge is 2.33. The molecule has 0 unspecified atom stereocenters. The van der Waals surface area contributed by atoms with Crippen LogP contribution in [0.3, 0.4) is 0 Å². The molecule has 0 spiro atoms. The van der Waals surface area contributed by atoms with Crippen molar-refractivity contribution in [1.29, 1.82) is 0 Å². The molecule has 0 saturated carbocycles. The summed E-state index contributed by atoms with van der Waals surface area (Å²) in [6.07, 6.45) is 0. The Hall–Kier alpha value is -1.29. The molecule has 0 saturated heterocycles. The number of carbonyl (C=O) groups excluding carboxylic acids is 1. The van der Waals surface area contributed by atoms with E-state index in [1.54, 1.807) is 32.8 Å². The number of aryl methyl sites for hydroxylation is 1. The first-order chi connectivity index (χ1) is 7.69.